The van der Waals surface area contributed by atoms with E-state index in [1.165, 1.54) is 0 Å². The first-order valence-corrected chi connectivity index (χ1v) is 9.29. The molecule has 1 aliphatic rings. The zero-order valence-corrected chi connectivity index (χ0v) is 16.1. The quantitative estimate of drug-likeness (QED) is 0.313. The Kier molecular flexibility index (Phi) is 3.80. The van der Waals surface area contributed by atoms with Crippen LogP contribution in [0.25, 0.3) is 33.1 Å². The molecule has 0 spiro atoms. The van der Waals surface area contributed by atoms with Gasteiger partial charge in [-0.1, -0.05) is 18.2 Å². The number of nitrogens with one attached hydrogen (secondary N) is 2. The molecule has 0 unspecified atom stereocenters. The van der Waals surface area contributed by atoms with E-state index in [1.54, 1.807) is 0 Å². The third-order valence-corrected chi connectivity index (χ3v) is 5.24. The van der Waals surface area contributed by atoms with E-state index in [0.717, 1.165) is 37.5 Å². The number of fused-ring (bicyclic) bond motifs is 3. The Morgan fingerprint density at radius 3 is 2.75 bits per heavy atom. The van der Waals surface area contributed by atoms with Crippen LogP contribution in [0.1, 0.15) is 0 Å². The monoisotopic (exact) mass is 435 g/mol. The van der Waals surface area contributed by atoms with Crippen LogP contribution in [0.15, 0.2) is 58.1 Å². The van der Waals surface area contributed by atoms with Crippen LogP contribution < -0.4 is 20.6 Å². The summed E-state index contributed by atoms with van der Waals surface area (Å²) in [5.41, 5.74) is 8.71. The fraction of sp³-hybridized carbons (Fsp3) is 0.0500. The van der Waals surface area contributed by atoms with Crippen LogP contribution in [-0.4, -0.2) is 22.7 Å². The van der Waals surface area contributed by atoms with E-state index >= 15 is 0 Å². The highest BCUT2D eigenvalue weighted by Crippen LogP contribution is 2.42. The van der Waals surface area contributed by atoms with Gasteiger partial charge in [-0.2, -0.15) is 0 Å². The number of guanidine groups is 1. The lowest BCUT2D eigenvalue weighted by Crippen LogP contribution is -2.13. The highest BCUT2D eigenvalue weighted by Gasteiger charge is 2.20. The van der Waals surface area contributed by atoms with Crippen molar-refractivity contribution >= 4 is 43.7 Å². The Balaban J connectivity index is 1.97. The molecule has 0 saturated carbocycles. The van der Waals surface area contributed by atoms with Gasteiger partial charge in [0.2, 0.25) is 12.8 Å². The average molecular weight is 436 g/mol. The van der Waals surface area contributed by atoms with Gasteiger partial charge in [0.05, 0.1) is 16.7 Å². The van der Waals surface area contributed by atoms with Gasteiger partial charge in [-0.05, 0) is 40.2 Å². The number of aromatic amines is 1. The molecule has 0 amide bonds. The molecule has 4 aromatic rings. The second kappa shape index (κ2) is 6.35. The molecular formula is C20H14BrN5O2. The summed E-state index contributed by atoms with van der Waals surface area (Å²) in [5.74, 6) is 1.10. The van der Waals surface area contributed by atoms with Crippen molar-refractivity contribution in [1.29, 1.82) is 5.41 Å². The largest absolute Gasteiger partial charge is 0.454 e. The number of para-hydroxylation sites is 1. The summed E-state index contributed by atoms with van der Waals surface area (Å²) in [4.78, 5) is 12.5. The van der Waals surface area contributed by atoms with Crippen molar-refractivity contribution in [3.63, 3.8) is 0 Å². The molecule has 28 heavy (non-hydrogen) atoms. The highest BCUT2D eigenvalue weighted by molar-refractivity contribution is 9.10. The van der Waals surface area contributed by atoms with Gasteiger partial charge in [-0.3, -0.25) is 5.41 Å². The van der Waals surface area contributed by atoms with Crippen molar-refractivity contribution in [2.24, 2.45) is 10.7 Å². The van der Waals surface area contributed by atoms with Crippen molar-refractivity contribution in [1.82, 2.24) is 9.97 Å². The van der Waals surface area contributed by atoms with Gasteiger partial charge in [0, 0.05) is 27.0 Å². The summed E-state index contributed by atoms with van der Waals surface area (Å²) in [7, 11) is 0. The van der Waals surface area contributed by atoms with Crippen LogP contribution >= 0.6 is 15.9 Å². The van der Waals surface area contributed by atoms with E-state index in [2.05, 4.69) is 25.9 Å². The van der Waals surface area contributed by atoms with Gasteiger partial charge in [0.15, 0.2) is 11.5 Å². The van der Waals surface area contributed by atoms with Crippen LogP contribution in [0.2, 0.25) is 0 Å². The maximum absolute atomic E-state index is 7.67. The van der Waals surface area contributed by atoms with Crippen molar-refractivity contribution in [2.45, 2.75) is 0 Å². The minimum Gasteiger partial charge on any atom is -0.454 e. The number of ether oxygens (including phenoxy) is 2. The molecule has 0 atom stereocenters. The molecule has 138 valence electrons. The molecule has 0 fully saturated rings. The SMILES string of the molecule is N=C(N)/N=c1/c2ccccc2nc(-c2cc3c(cc2Br)OCO3)c2cc[nH]c12. The molecule has 2 aromatic heterocycles. The normalized spacial score (nSPS) is 13.4. The van der Waals surface area contributed by atoms with Crippen LogP contribution in [0.3, 0.4) is 0 Å². The lowest BCUT2D eigenvalue weighted by Gasteiger charge is -2.06. The topological polar surface area (TPSA) is 109 Å². The molecule has 2 aromatic carbocycles. The van der Waals surface area contributed by atoms with E-state index in [0.29, 0.717) is 16.9 Å². The third kappa shape index (κ3) is 2.61. The Bertz CT molecular complexity index is 1350. The summed E-state index contributed by atoms with van der Waals surface area (Å²) >= 11 is 3.64. The number of halogens is 1. The van der Waals surface area contributed by atoms with Gasteiger partial charge in [-0.15, -0.1) is 0 Å². The molecule has 3 heterocycles. The minimum atomic E-state index is -0.266. The lowest BCUT2D eigenvalue weighted by molar-refractivity contribution is 0.174. The van der Waals surface area contributed by atoms with E-state index in [1.807, 2.05) is 48.7 Å². The molecule has 0 aliphatic carbocycles. The fourth-order valence-corrected chi connectivity index (χ4v) is 3.90. The van der Waals surface area contributed by atoms with Crippen molar-refractivity contribution in [2.75, 3.05) is 6.79 Å². The first-order chi connectivity index (χ1) is 13.6. The summed E-state index contributed by atoms with van der Waals surface area (Å²) in [6, 6.07) is 13.4. The van der Waals surface area contributed by atoms with Gasteiger partial charge in [-0.25, -0.2) is 9.98 Å². The second-order valence-corrected chi connectivity index (χ2v) is 7.13. The summed E-state index contributed by atoms with van der Waals surface area (Å²) in [6.07, 6.45) is 1.82. The smallest absolute Gasteiger partial charge is 0.231 e. The number of aromatic nitrogens is 2. The number of nitrogens with zero attached hydrogens (tertiary/aromatic N) is 2. The van der Waals surface area contributed by atoms with Gasteiger partial charge >= 0.3 is 0 Å². The van der Waals surface area contributed by atoms with E-state index < -0.39 is 0 Å². The average Bonchev–Trinajstić information content (AvgIpc) is 3.31. The maximum atomic E-state index is 7.67. The molecule has 0 saturated heterocycles. The lowest BCUT2D eigenvalue weighted by atomic mass is 10.1. The van der Waals surface area contributed by atoms with Gasteiger partial charge in [0.25, 0.3) is 0 Å². The second-order valence-electron chi connectivity index (χ2n) is 6.27. The molecule has 0 radical (unpaired) electrons. The van der Waals surface area contributed by atoms with Crippen molar-refractivity contribution in [3.05, 3.63) is 58.5 Å². The van der Waals surface area contributed by atoms with Gasteiger partial charge in [0.1, 0.15) is 5.36 Å². The predicted octanol–water partition coefficient (Wildman–Crippen LogP) is 3.67. The molecule has 7 nitrogen and oxygen atoms in total. The summed E-state index contributed by atoms with van der Waals surface area (Å²) < 4.78 is 11.9. The molecule has 1 aliphatic heterocycles. The Morgan fingerprint density at radius 1 is 1.14 bits per heavy atom. The van der Waals surface area contributed by atoms with Crippen molar-refractivity contribution < 1.29 is 9.47 Å². The zero-order valence-electron chi connectivity index (χ0n) is 14.5. The van der Waals surface area contributed by atoms with Crippen LogP contribution in [0.5, 0.6) is 11.5 Å². The summed E-state index contributed by atoms with van der Waals surface area (Å²) in [5, 5.41) is 9.91. The first kappa shape index (κ1) is 16.8. The maximum Gasteiger partial charge on any atom is 0.231 e. The predicted molar refractivity (Wildman–Crippen MR) is 110 cm³/mol. The Hall–Kier alpha value is -3.39. The molecule has 4 N–H and O–H groups in total. The number of rotatable bonds is 1. The van der Waals surface area contributed by atoms with Crippen LogP contribution in [-0.2, 0) is 0 Å². The molecule has 0 bridgehead atoms. The molecule has 8 heteroatoms. The number of H-pyrrole nitrogens is 1. The standard InChI is InChI=1S/C20H14BrN5O2/c21-13-8-16-15(27-9-28-16)7-12(13)17-11-5-6-24-18(11)19(26-20(22)23)10-3-1-2-4-14(10)25-17/h1-8,24H,9H2,(H3,22,23)/b26-19-. The number of hydrogen-bond acceptors (Lipinski definition) is 4. The Labute approximate surface area is 167 Å². The van der Waals surface area contributed by atoms with Crippen molar-refractivity contribution in [3.8, 4) is 22.8 Å². The van der Waals surface area contributed by atoms with E-state index in [4.69, 9.17) is 25.6 Å². The fourth-order valence-electron chi connectivity index (χ4n) is 3.39. The van der Waals surface area contributed by atoms with Crippen LogP contribution in [0.4, 0.5) is 0 Å². The minimum absolute atomic E-state index is 0.200. The third-order valence-electron chi connectivity index (χ3n) is 4.58. The first-order valence-electron chi connectivity index (χ1n) is 8.50. The number of hydrogen-bond donors (Lipinski definition) is 3. The molecule has 5 rings (SSSR count). The Morgan fingerprint density at radius 2 is 1.93 bits per heavy atom. The number of nitrogens with two attached hydrogens (primary N) is 1. The van der Waals surface area contributed by atoms with Crippen LogP contribution in [0, 0.1) is 5.41 Å². The van der Waals surface area contributed by atoms with E-state index in [-0.39, 0.29) is 12.8 Å². The number of benzene rings is 2. The van der Waals surface area contributed by atoms with Gasteiger partial charge < -0.3 is 20.2 Å². The highest BCUT2D eigenvalue weighted by atomic mass is 79.9. The molecular weight excluding hydrogens is 422 g/mol. The summed E-state index contributed by atoms with van der Waals surface area (Å²) in [6.45, 7) is 0.200. The zero-order chi connectivity index (χ0) is 19.3. The van der Waals surface area contributed by atoms with E-state index in [9.17, 15) is 0 Å².